The number of anilines is 2. The average molecular weight is 448 g/mol. The topological polar surface area (TPSA) is 92.7 Å². The van der Waals surface area contributed by atoms with Crippen LogP contribution in [0.2, 0.25) is 0 Å². The number of hydrogen-bond donors (Lipinski definition) is 2. The van der Waals surface area contributed by atoms with Gasteiger partial charge < -0.3 is 10.6 Å². The number of carbonyl (C=O) groups excluding carboxylic acids is 1. The number of pyridine rings is 4. The number of nitrogens with one attached hydrogen (secondary N) is 2. The van der Waals surface area contributed by atoms with Gasteiger partial charge in [-0.15, -0.1) is 0 Å². The number of halogens is 2. The van der Waals surface area contributed by atoms with Gasteiger partial charge in [0.25, 0.3) is 5.91 Å². The zero-order valence-electron chi connectivity index (χ0n) is 18.4. The molecule has 0 radical (unpaired) electrons. The molecule has 0 fully saturated rings. The molecule has 0 atom stereocenters. The predicted octanol–water partition coefficient (Wildman–Crippen LogP) is 4.89. The van der Waals surface area contributed by atoms with E-state index in [1.807, 2.05) is 19.1 Å². The molecule has 7 nitrogen and oxygen atoms in total. The standard InChI is InChI=1S/C24H22F2N6O/c1-14-19(16-7-17-12-31-22(27-3)9-20(17)30-11-16)8-18(13-29-14)32-23(33)21-6-15(4-5-28-21)10-24(2,25)26/h4-9,11-13H,10H2,1-3H3,(H,27,31)(H,32,33). The van der Waals surface area contributed by atoms with E-state index < -0.39 is 18.3 Å². The lowest BCUT2D eigenvalue weighted by molar-refractivity contribution is 0.0225. The van der Waals surface area contributed by atoms with Crippen molar-refractivity contribution >= 4 is 28.3 Å². The van der Waals surface area contributed by atoms with E-state index in [1.54, 1.807) is 25.5 Å². The highest BCUT2D eigenvalue weighted by Gasteiger charge is 2.22. The van der Waals surface area contributed by atoms with Gasteiger partial charge in [-0.1, -0.05) is 0 Å². The summed E-state index contributed by atoms with van der Waals surface area (Å²) in [5.41, 5.74) is 4.04. The minimum Gasteiger partial charge on any atom is -0.373 e. The molecule has 1 amide bonds. The molecule has 0 unspecified atom stereocenters. The molecule has 0 aliphatic heterocycles. The van der Waals surface area contributed by atoms with Crippen LogP contribution in [0.1, 0.15) is 28.7 Å². The van der Waals surface area contributed by atoms with E-state index in [4.69, 9.17) is 0 Å². The summed E-state index contributed by atoms with van der Waals surface area (Å²) < 4.78 is 26.7. The van der Waals surface area contributed by atoms with Crippen LogP contribution in [0.5, 0.6) is 0 Å². The number of aromatic nitrogens is 4. The third-order valence-electron chi connectivity index (χ3n) is 5.05. The Bertz CT molecular complexity index is 1340. The third-order valence-corrected chi connectivity index (χ3v) is 5.05. The molecular weight excluding hydrogens is 426 g/mol. The lowest BCUT2D eigenvalue weighted by Gasteiger charge is -2.12. The Kier molecular flexibility index (Phi) is 5.95. The van der Waals surface area contributed by atoms with Gasteiger partial charge in [-0.25, -0.2) is 13.8 Å². The van der Waals surface area contributed by atoms with Crippen molar-refractivity contribution in [2.24, 2.45) is 0 Å². The van der Waals surface area contributed by atoms with Gasteiger partial charge in [-0.2, -0.15) is 0 Å². The Morgan fingerprint density at radius 3 is 2.61 bits per heavy atom. The Morgan fingerprint density at radius 1 is 1.03 bits per heavy atom. The Labute approximate surface area is 189 Å². The van der Waals surface area contributed by atoms with Crippen LogP contribution in [0.25, 0.3) is 22.0 Å². The van der Waals surface area contributed by atoms with E-state index >= 15 is 0 Å². The molecule has 0 aromatic carbocycles. The van der Waals surface area contributed by atoms with Gasteiger partial charge in [0.05, 0.1) is 17.4 Å². The van der Waals surface area contributed by atoms with Crippen LogP contribution in [-0.2, 0) is 6.42 Å². The van der Waals surface area contributed by atoms with Gasteiger partial charge >= 0.3 is 0 Å². The third kappa shape index (κ3) is 5.25. The Morgan fingerprint density at radius 2 is 1.85 bits per heavy atom. The minimum absolute atomic E-state index is 0.0534. The molecule has 0 aliphatic carbocycles. The summed E-state index contributed by atoms with van der Waals surface area (Å²) in [6.07, 6.45) is 5.91. The molecule has 0 bridgehead atoms. The quantitative estimate of drug-likeness (QED) is 0.436. The van der Waals surface area contributed by atoms with Crippen LogP contribution in [0.4, 0.5) is 20.3 Å². The summed E-state index contributed by atoms with van der Waals surface area (Å²) in [5.74, 6) is -2.65. The maximum atomic E-state index is 13.3. The summed E-state index contributed by atoms with van der Waals surface area (Å²) in [7, 11) is 1.79. The SMILES string of the molecule is CNc1cc2ncc(-c3cc(NC(=O)c4cc(CC(C)(F)F)ccn4)cnc3C)cc2cn1. The van der Waals surface area contributed by atoms with Crippen LogP contribution in [0, 0.1) is 6.92 Å². The molecule has 0 aliphatic rings. The van der Waals surface area contributed by atoms with Gasteiger partial charge in [0.1, 0.15) is 11.5 Å². The molecule has 168 valence electrons. The second-order valence-corrected chi connectivity index (χ2v) is 7.84. The maximum absolute atomic E-state index is 13.3. The molecule has 4 rings (SSSR count). The second-order valence-electron chi connectivity index (χ2n) is 7.84. The number of nitrogens with zero attached hydrogens (tertiary/aromatic N) is 4. The number of rotatable bonds is 6. The molecule has 4 aromatic rings. The fourth-order valence-corrected chi connectivity index (χ4v) is 3.46. The molecule has 4 heterocycles. The summed E-state index contributed by atoms with van der Waals surface area (Å²) >= 11 is 0. The Hall–Kier alpha value is -4.01. The van der Waals surface area contributed by atoms with Gasteiger partial charge in [-0.05, 0) is 43.7 Å². The van der Waals surface area contributed by atoms with Crippen LogP contribution >= 0.6 is 0 Å². The summed E-state index contributed by atoms with van der Waals surface area (Å²) in [5, 5.41) is 6.60. The molecule has 2 N–H and O–H groups in total. The number of carbonyl (C=O) groups is 1. The highest BCUT2D eigenvalue weighted by Crippen LogP contribution is 2.28. The zero-order valence-corrected chi connectivity index (χ0v) is 18.4. The highest BCUT2D eigenvalue weighted by atomic mass is 19.3. The number of fused-ring (bicyclic) bond motifs is 1. The first-order valence-corrected chi connectivity index (χ1v) is 10.3. The smallest absolute Gasteiger partial charge is 0.274 e. The van der Waals surface area contributed by atoms with Gasteiger partial charge in [-0.3, -0.25) is 19.7 Å². The summed E-state index contributed by atoms with van der Waals surface area (Å²) in [6.45, 7) is 2.70. The van der Waals surface area contributed by atoms with Crippen LogP contribution < -0.4 is 10.6 Å². The fourth-order valence-electron chi connectivity index (χ4n) is 3.46. The second kappa shape index (κ2) is 8.85. The van der Waals surface area contributed by atoms with Crippen LogP contribution in [0.3, 0.4) is 0 Å². The van der Waals surface area contributed by atoms with E-state index in [0.29, 0.717) is 11.3 Å². The highest BCUT2D eigenvalue weighted by molar-refractivity contribution is 6.03. The fraction of sp³-hybridized carbons (Fsp3) is 0.208. The maximum Gasteiger partial charge on any atom is 0.274 e. The molecule has 0 saturated carbocycles. The number of hydrogen-bond acceptors (Lipinski definition) is 6. The monoisotopic (exact) mass is 448 g/mol. The Balaban J connectivity index is 1.59. The minimum atomic E-state index is -2.87. The lowest BCUT2D eigenvalue weighted by atomic mass is 10.0. The van der Waals surface area contributed by atoms with Crippen molar-refractivity contribution in [3.05, 3.63) is 72.1 Å². The van der Waals surface area contributed by atoms with Crippen molar-refractivity contribution in [3.63, 3.8) is 0 Å². The first kappa shape index (κ1) is 22.2. The molecule has 0 spiro atoms. The van der Waals surface area contributed by atoms with E-state index in [2.05, 4.69) is 30.6 Å². The summed E-state index contributed by atoms with van der Waals surface area (Å²) in [6, 6.07) is 8.45. The predicted molar refractivity (Wildman–Crippen MR) is 124 cm³/mol. The molecule has 33 heavy (non-hydrogen) atoms. The van der Waals surface area contributed by atoms with Crippen molar-refractivity contribution in [2.45, 2.75) is 26.2 Å². The van der Waals surface area contributed by atoms with E-state index in [9.17, 15) is 13.6 Å². The van der Waals surface area contributed by atoms with Crippen molar-refractivity contribution in [1.82, 2.24) is 19.9 Å². The van der Waals surface area contributed by atoms with Crippen molar-refractivity contribution in [3.8, 4) is 11.1 Å². The molecule has 0 saturated heterocycles. The van der Waals surface area contributed by atoms with Crippen molar-refractivity contribution in [2.75, 3.05) is 17.7 Å². The van der Waals surface area contributed by atoms with Crippen LogP contribution in [-0.4, -0.2) is 38.8 Å². The first-order valence-electron chi connectivity index (χ1n) is 10.3. The van der Waals surface area contributed by atoms with Gasteiger partial charge in [0.15, 0.2) is 0 Å². The first-order chi connectivity index (χ1) is 15.7. The number of amides is 1. The average Bonchev–Trinajstić information content (AvgIpc) is 2.78. The zero-order chi connectivity index (χ0) is 23.6. The van der Waals surface area contributed by atoms with Crippen LogP contribution in [0.15, 0.2) is 55.1 Å². The summed E-state index contributed by atoms with van der Waals surface area (Å²) in [4.78, 5) is 29.9. The largest absolute Gasteiger partial charge is 0.373 e. The van der Waals surface area contributed by atoms with Crippen molar-refractivity contribution < 1.29 is 13.6 Å². The van der Waals surface area contributed by atoms with E-state index in [-0.39, 0.29) is 5.69 Å². The molecular formula is C24H22F2N6O. The molecule has 4 aromatic heterocycles. The molecule has 9 heteroatoms. The normalized spacial score (nSPS) is 11.4. The van der Waals surface area contributed by atoms with Gasteiger partial charge in [0.2, 0.25) is 5.92 Å². The lowest BCUT2D eigenvalue weighted by Crippen LogP contribution is -2.17. The van der Waals surface area contributed by atoms with Crippen molar-refractivity contribution in [1.29, 1.82) is 0 Å². The van der Waals surface area contributed by atoms with E-state index in [1.165, 1.54) is 24.5 Å². The number of aryl methyl sites for hydroxylation is 1. The van der Waals surface area contributed by atoms with E-state index in [0.717, 1.165) is 40.5 Å². The van der Waals surface area contributed by atoms with Gasteiger partial charge in [0, 0.05) is 60.3 Å². The number of alkyl halides is 2.